The lowest BCUT2D eigenvalue weighted by Crippen LogP contribution is -2.02. The molecule has 0 bridgehead atoms. The van der Waals surface area contributed by atoms with Crippen molar-refractivity contribution in [2.24, 2.45) is 0 Å². The molecular formula is C17H18BrIO. The molecule has 0 heterocycles. The van der Waals surface area contributed by atoms with Crippen molar-refractivity contribution in [2.75, 3.05) is 0 Å². The summed E-state index contributed by atoms with van der Waals surface area (Å²) >= 11 is 5.72. The highest BCUT2D eigenvalue weighted by Gasteiger charge is 2.14. The fraction of sp³-hybridized carbons (Fsp3) is 0.294. The fourth-order valence-electron chi connectivity index (χ4n) is 2.15. The maximum Gasteiger partial charge on any atom is 0.105 e. The van der Waals surface area contributed by atoms with Crippen LogP contribution in [-0.4, -0.2) is 5.11 Å². The van der Waals surface area contributed by atoms with Gasteiger partial charge in [0.05, 0.1) is 0 Å². The molecule has 0 amide bonds. The zero-order valence-corrected chi connectivity index (χ0v) is 15.3. The minimum absolute atomic E-state index is 0.562. The first-order chi connectivity index (χ1) is 9.52. The Morgan fingerprint density at radius 3 is 2.30 bits per heavy atom. The van der Waals surface area contributed by atoms with Crippen LogP contribution in [0.4, 0.5) is 0 Å². The largest absolute Gasteiger partial charge is 0.384 e. The van der Waals surface area contributed by atoms with E-state index in [4.69, 9.17) is 0 Å². The number of aliphatic hydroxyl groups is 1. The summed E-state index contributed by atoms with van der Waals surface area (Å²) in [4.78, 5) is 0. The molecule has 2 atom stereocenters. The van der Waals surface area contributed by atoms with Gasteiger partial charge in [0.15, 0.2) is 0 Å². The maximum atomic E-state index is 10.6. The van der Waals surface area contributed by atoms with Crippen LogP contribution in [0.3, 0.4) is 0 Å². The van der Waals surface area contributed by atoms with Crippen LogP contribution in [0.2, 0.25) is 0 Å². The molecule has 0 saturated carbocycles. The first kappa shape index (κ1) is 16.0. The second-order valence-corrected chi connectivity index (χ2v) is 7.12. The summed E-state index contributed by atoms with van der Waals surface area (Å²) in [5.41, 5.74) is 3.21. The molecule has 0 fully saturated rings. The Labute approximate surface area is 142 Å². The summed E-state index contributed by atoms with van der Waals surface area (Å²) in [5, 5.41) is 10.6. The van der Waals surface area contributed by atoms with E-state index in [0.29, 0.717) is 5.92 Å². The smallest absolute Gasteiger partial charge is 0.105 e. The summed E-state index contributed by atoms with van der Waals surface area (Å²) in [5.74, 6) is 0.562. The quantitative estimate of drug-likeness (QED) is 0.604. The van der Waals surface area contributed by atoms with Crippen molar-refractivity contribution in [3.8, 4) is 0 Å². The SMILES string of the molecule is CCC(C)c1ccc(C(O)c2cc(Br)ccc2I)cc1. The third-order valence-corrected chi connectivity index (χ3v) is 5.16. The molecule has 2 unspecified atom stereocenters. The number of rotatable bonds is 4. The first-order valence-corrected chi connectivity index (χ1v) is 8.63. The summed E-state index contributed by atoms with van der Waals surface area (Å²) in [6.45, 7) is 4.42. The first-order valence-electron chi connectivity index (χ1n) is 6.75. The predicted molar refractivity (Wildman–Crippen MR) is 96.1 cm³/mol. The molecule has 2 aromatic carbocycles. The Balaban J connectivity index is 2.29. The number of hydrogen-bond acceptors (Lipinski definition) is 1. The summed E-state index contributed by atoms with van der Waals surface area (Å²) < 4.78 is 2.06. The standard InChI is InChI=1S/C17H18BrIO/c1-3-11(2)12-4-6-13(7-5-12)17(20)15-10-14(18)8-9-16(15)19/h4-11,17,20H,3H2,1-2H3. The second kappa shape index (κ2) is 7.05. The van der Waals surface area contributed by atoms with Gasteiger partial charge < -0.3 is 5.11 Å². The molecule has 0 aromatic heterocycles. The molecule has 3 heteroatoms. The molecule has 1 nitrogen and oxygen atoms in total. The van der Waals surface area contributed by atoms with Crippen LogP contribution in [0, 0.1) is 3.57 Å². The Morgan fingerprint density at radius 1 is 1.10 bits per heavy atom. The molecule has 0 aliphatic carbocycles. The van der Waals surface area contributed by atoms with Gasteiger partial charge >= 0.3 is 0 Å². The van der Waals surface area contributed by atoms with Gasteiger partial charge in [0.1, 0.15) is 6.10 Å². The van der Waals surface area contributed by atoms with Crippen LogP contribution in [0.1, 0.15) is 49.0 Å². The average Bonchev–Trinajstić information content (AvgIpc) is 2.48. The number of halogens is 2. The highest BCUT2D eigenvalue weighted by molar-refractivity contribution is 14.1. The molecule has 1 N–H and O–H groups in total. The van der Waals surface area contributed by atoms with E-state index in [0.717, 1.165) is 25.6 Å². The van der Waals surface area contributed by atoms with Gasteiger partial charge in [-0.1, -0.05) is 54.0 Å². The van der Waals surface area contributed by atoms with Gasteiger partial charge in [0, 0.05) is 8.04 Å². The molecule has 0 saturated heterocycles. The normalized spacial score (nSPS) is 14.1. The molecule has 2 aromatic rings. The van der Waals surface area contributed by atoms with Crippen molar-refractivity contribution in [3.63, 3.8) is 0 Å². The zero-order valence-electron chi connectivity index (χ0n) is 11.6. The van der Waals surface area contributed by atoms with Gasteiger partial charge in [0.2, 0.25) is 0 Å². The number of benzene rings is 2. The Kier molecular flexibility index (Phi) is 5.64. The lowest BCUT2D eigenvalue weighted by molar-refractivity contribution is 0.219. The van der Waals surface area contributed by atoms with E-state index in [2.05, 4.69) is 64.5 Å². The predicted octanol–water partition coefficient (Wildman–Crippen LogP) is 5.65. The zero-order chi connectivity index (χ0) is 14.7. The van der Waals surface area contributed by atoms with Crippen LogP contribution < -0.4 is 0 Å². The summed E-state index contributed by atoms with van der Waals surface area (Å²) in [6.07, 6.45) is 0.552. The van der Waals surface area contributed by atoms with Gasteiger partial charge in [0.25, 0.3) is 0 Å². The van der Waals surface area contributed by atoms with E-state index < -0.39 is 6.10 Å². The van der Waals surface area contributed by atoms with E-state index in [1.54, 1.807) is 0 Å². The Morgan fingerprint density at radius 2 is 1.70 bits per heavy atom. The molecule has 106 valence electrons. The summed E-state index contributed by atoms with van der Waals surface area (Å²) in [6, 6.07) is 14.3. The minimum atomic E-state index is -0.578. The van der Waals surface area contributed by atoms with Gasteiger partial charge in [-0.05, 0) is 69.8 Å². The van der Waals surface area contributed by atoms with E-state index >= 15 is 0 Å². The monoisotopic (exact) mass is 444 g/mol. The maximum absolute atomic E-state index is 10.6. The van der Waals surface area contributed by atoms with Gasteiger partial charge in [-0.25, -0.2) is 0 Å². The van der Waals surface area contributed by atoms with Gasteiger partial charge in [-0.15, -0.1) is 0 Å². The molecule has 20 heavy (non-hydrogen) atoms. The van der Waals surface area contributed by atoms with Crippen LogP contribution in [0.15, 0.2) is 46.9 Å². The van der Waals surface area contributed by atoms with Crippen molar-refractivity contribution in [1.29, 1.82) is 0 Å². The van der Waals surface area contributed by atoms with Crippen LogP contribution in [-0.2, 0) is 0 Å². The Bertz CT molecular complexity index is 580. The van der Waals surface area contributed by atoms with Crippen LogP contribution in [0.5, 0.6) is 0 Å². The lowest BCUT2D eigenvalue weighted by atomic mass is 9.95. The molecule has 0 radical (unpaired) electrons. The van der Waals surface area contributed by atoms with E-state index in [9.17, 15) is 5.11 Å². The van der Waals surface area contributed by atoms with Crippen molar-refractivity contribution in [3.05, 3.63) is 67.2 Å². The van der Waals surface area contributed by atoms with Crippen LogP contribution in [0.25, 0.3) is 0 Å². The number of hydrogen-bond donors (Lipinski definition) is 1. The van der Waals surface area contributed by atoms with Crippen LogP contribution >= 0.6 is 38.5 Å². The van der Waals surface area contributed by atoms with E-state index in [-0.39, 0.29) is 0 Å². The van der Waals surface area contributed by atoms with Crippen molar-refractivity contribution in [2.45, 2.75) is 32.3 Å². The third-order valence-electron chi connectivity index (χ3n) is 3.69. The minimum Gasteiger partial charge on any atom is -0.384 e. The molecule has 0 aliphatic rings. The molecular weight excluding hydrogens is 427 g/mol. The number of aliphatic hydroxyl groups excluding tert-OH is 1. The lowest BCUT2D eigenvalue weighted by Gasteiger charge is -2.15. The fourth-order valence-corrected chi connectivity index (χ4v) is 3.16. The second-order valence-electron chi connectivity index (χ2n) is 5.04. The topological polar surface area (TPSA) is 20.2 Å². The molecule has 0 aliphatic heterocycles. The van der Waals surface area contributed by atoms with Crippen molar-refractivity contribution >= 4 is 38.5 Å². The van der Waals surface area contributed by atoms with E-state index in [1.807, 2.05) is 30.3 Å². The van der Waals surface area contributed by atoms with Crippen molar-refractivity contribution in [1.82, 2.24) is 0 Å². The highest BCUT2D eigenvalue weighted by Crippen LogP contribution is 2.29. The highest BCUT2D eigenvalue weighted by atomic mass is 127. The summed E-state index contributed by atoms with van der Waals surface area (Å²) in [7, 11) is 0. The van der Waals surface area contributed by atoms with E-state index in [1.165, 1.54) is 5.56 Å². The van der Waals surface area contributed by atoms with Crippen molar-refractivity contribution < 1.29 is 5.11 Å². The molecule has 2 rings (SSSR count). The third kappa shape index (κ3) is 3.62. The average molecular weight is 445 g/mol. The van der Waals surface area contributed by atoms with Gasteiger partial charge in [-0.2, -0.15) is 0 Å². The molecule has 0 spiro atoms. The van der Waals surface area contributed by atoms with Gasteiger partial charge in [-0.3, -0.25) is 0 Å². The Hall–Kier alpha value is -0.390.